The predicted molar refractivity (Wildman–Crippen MR) is 72.0 cm³/mol. The van der Waals surface area contributed by atoms with Crippen LogP contribution >= 0.6 is 0 Å². The Labute approximate surface area is 109 Å². The van der Waals surface area contributed by atoms with Crippen LogP contribution in [0.4, 0.5) is 0 Å². The molecule has 18 heavy (non-hydrogen) atoms. The van der Waals surface area contributed by atoms with E-state index < -0.39 is 0 Å². The van der Waals surface area contributed by atoms with Gasteiger partial charge in [0.15, 0.2) is 0 Å². The standard InChI is InChI=1S/C14H23NO3/c1-3-15-12-13-4-6-14(7-5-13)18-11-10-17-9-8-16-2/h4-7,15H,3,8-12H2,1-2H3. The molecular weight excluding hydrogens is 230 g/mol. The fraction of sp³-hybridized carbons (Fsp3) is 0.571. The molecule has 4 nitrogen and oxygen atoms in total. The third-order valence-electron chi connectivity index (χ3n) is 2.43. The molecule has 0 saturated heterocycles. The lowest BCUT2D eigenvalue weighted by Crippen LogP contribution is -2.12. The van der Waals surface area contributed by atoms with Crippen LogP contribution in [0, 0.1) is 0 Å². The second-order valence-electron chi connectivity index (χ2n) is 3.88. The molecule has 0 aliphatic heterocycles. The minimum absolute atomic E-state index is 0.566. The molecule has 102 valence electrons. The lowest BCUT2D eigenvalue weighted by molar-refractivity contribution is 0.0544. The zero-order valence-electron chi connectivity index (χ0n) is 11.3. The van der Waals surface area contributed by atoms with Gasteiger partial charge >= 0.3 is 0 Å². The van der Waals surface area contributed by atoms with Crippen molar-refractivity contribution < 1.29 is 14.2 Å². The quantitative estimate of drug-likeness (QED) is 0.646. The number of hydrogen-bond acceptors (Lipinski definition) is 4. The Morgan fingerprint density at radius 1 is 1.00 bits per heavy atom. The molecule has 0 heterocycles. The van der Waals surface area contributed by atoms with Crippen molar-refractivity contribution in [3.63, 3.8) is 0 Å². The SMILES string of the molecule is CCNCc1ccc(OCCOCCOC)cc1. The van der Waals surface area contributed by atoms with E-state index in [4.69, 9.17) is 14.2 Å². The number of rotatable bonds is 10. The molecular formula is C14H23NO3. The van der Waals surface area contributed by atoms with Gasteiger partial charge in [-0.3, -0.25) is 0 Å². The van der Waals surface area contributed by atoms with Gasteiger partial charge in [-0.25, -0.2) is 0 Å². The molecule has 0 unspecified atom stereocenters. The molecule has 1 rings (SSSR count). The van der Waals surface area contributed by atoms with Crippen molar-refractivity contribution in [3.05, 3.63) is 29.8 Å². The van der Waals surface area contributed by atoms with Crippen LogP contribution in [-0.2, 0) is 16.0 Å². The fourth-order valence-corrected chi connectivity index (χ4v) is 1.44. The normalized spacial score (nSPS) is 10.6. The number of nitrogens with one attached hydrogen (secondary N) is 1. The van der Waals surface area contributed by atoms with Crippen molar-refractivity contribution in [2.24, 2.45) is 0 Å². The second kappa shape index (κ2) is 9.88. The van der Waals surface area contributed by atoms with Gasteiger partial charge in [0.05, 0.1) is 19.8 Å². The molecule has 1 aromatic carbocycles. The zero-order valence-corrected chi connectivity index (χ0v) is 11.3. The van der Waals surface area contributed by atoms with Gasteiger partial charge in [0, 0.05) is 13.7 Å². The van der Waals surface area contributed by atoms with Crippen LogP contribution in [0.5, 0.6) is 5.75 Å². The Hall–Kier alpha value is -1.10. The van der Waals surface area contributed by atoms with Crippen molar-refractivity contribution in [3.8, 4) is 5.75 Å². The highest BCUT2D eigenvalue weighted by molar-refractivity contribution is 5.27. The summed E-state index contributed by atoms with van der Waals surface area (Å²) in [5, 5.41) is 3.28. The van der Waals surface area contributed by atoms with Crippen LogP contribution < -0.4 is 10.1 Å². The van der Waals surface area contributed by atoms with Crippen molar-refractivity contribution >= 4 is 0 Å². The summed E-state index contributed by atoms with van der Waals surface area (Å²) in [6, 6.07) is 8.12. The Morgan fingerprint density at radius 3 is 2.39 bits per heavy atom. The van der Waals surface area contributed by atoms with Gasteiger partial charge in [0.2, 0.25) is 0 Å². The Balaban J connectivity index is 2.14. The minimum atomic E-state index is 0.566. The topological polar surface area (TPSA) is 39.7 Å². The summed E-state index contributed by atoms with van der Waals surface area (Å²) < 4.78 is 15.8. The van der Waals surface area contributed by atoms with Crippen LogP contribution in [0.3, 0.4) is 0 Å². The molecule has 0 fully saturated rings. The first-order valence-electron chi connectivity index (χ1n) is 6.36. The number of hydrogen-bond donors (Lipinski definition) is 1. The van der Waals surface area contributed by atoms with Gasteiger partial charge in [-0.2, -0.15) is 0 Å². The van der Waals surface area contributed by atoms with E-state index >= 15 is 0 Å². The van der Waals surface area contributed by atoms with Gasteiger partial charge in [-0.1, -0.05) is 19.1 Å². The third kappa shape index (κ3) is 6.59. The van der Waals surface area contributed by atoms with Crippen LogP contribution in [0.2, 0.25) is 0 Å². The van der Waals surface area contributed by atoms with Gasteiger partial charge < -0.3 is 19.5 Å². The molecule has 0 spiro atoms. The summed E-state index contributed by atoms with van der Waals surface area (Å²) in [6.45, 7) is 6.37. The largest absolute Gasteiger partial charge is 0.491 e. The molecule has 1 N–H and O–H groups in total. The maximum Gasteiger partial charge on any atom is 0.119 e. The van der Waals surface area contributed by atoms with E-state index in [0.29, 0.717) is 26.4 Å². The Morgan fingerprint density at radius 2 is 1.72 bits per heavy atom. The predicted octanol–water partition coefficient (Wildman–Crippen LogP) is 1.84. The fourth-order valence-electron chi connectivity index (χ4n) is 1.44. The zero-order chi connectivity index (χ0) is 13.1. The van der Waals surface area contributed by atoms with Gasteiger partial charge in [-0.15, -0.1) is 0 Å². The average molecular weight is 253 g/mol. The first-order chi connectivity index (χ1) is 8.86. The maximum atomic E-state index is 5.56. The highest BCUT2D eigenvalue weighted by Gasteiger charge is 1.95. The second-order valence-corrected chi connectivity index (χ2v) is 3.88. The first-order valence-corrected chi connectivity index (χ1v) is 6.36. The molecule has 0 aliphatic rings. The number of ether oxygens (including phenoxy) is 3. The maximum absolute atomic E-state index is 5.56. The monoisotopic (exact) mass is 253 g/mol. The van der Waals surface area contributed by atoms with Crippen LogP contribution in [-0.4, -0.2) is 40.1 Å². The number of methoxy groups -OCH3 is 1. The van der Waals surface area contributed by atoms with Crippen molar-refractivity contribution in [2.75, 3.05) is 40.1 Å². The molecule has 4 heteroatoms. The van der Waals surface area contributed by atoms with Crippen LogP contribution in [0.1, 0.15) is 12.5 Å². The van der Waals surface area contributed by atoms with Gasteiger partial charge in [-0.05, 0) is 24.2 Å². The van der Waals surface area contributed by atoms with Crippen LogP contribution in [0.15, 0.2) is 24.3 Å². The Bertz CT molecular complexity index is 300. The lowest BCUT2D eigenvalue weighted by atomic mass is 10.2. The molecule has 0 radical (unpaired) electrons. The van der Waals surface area contributed by atoms with Crippen molar-refractivity contribution in [1.29, 1.82) is 0 Å². The van der Waals surface area contributed by atoms with E-state index in [-0.39, 0.29) is 0 Å². The Kier molecular flexibility index (Phi) is 8.21. The molecule has 0 saturated carbocycles. The van der Waals surface area contributed by atoms with E-state index in [9.17, 15) is 0 Å². The minimum Gasteiger partial charge on any atom is -0.491 e. The molecule has 0 amide bonds. The molecule has 0 bridgehead atoms. The van der Waals surface area contributed by atoms with Gasteiger partial charge in [0.1, 0.15) is 12.4 Å². The third-order valence-corrected chi connectivity index (χ3v) is 2.43. The first kappa shape index (κ1) is 15.0. The van der Waals surface area contributed by atoms with E-state index in [0.717, 1.165) is 18.8 Å². The molecule has 1 aromatic rings. The highest BCUT2D eigenvalue weighted by atomic mass is 16.5. The smallest absolute Gasteiger partial charge is 0.119 e. The molecule has 0 aliphatic carbocycles. The number of benzene rings is 1. The summed E-state index contributed by atoms with van der Waals surface area (Å²) >= 11 is 0. The summed E-state index contributed by atoms with van der Waals surface area (Å²) in [5.41, 5.74) is 1.26. The van der Waals surface area contributed by atoms with E-state index in [1.54, 1.807) is 7.11 Å². The highest BCUT2D eigenvalue weighted by Crippen LogP contribution is 2.11. The summed E-state index contributed by atoms with van der Waals surface area (Å²) in [7, 11) is 1.66. The van der Waals surface area contributed by atoms with Crippen molar-refractivity contribution in [1.82, 2.24) is 5.32 Å². The van der Waals surface area contributed by atoms with Crippen LogP contribution in [0.25, 0.3) is 0 Å². The summed E-state index contributed by atoms with van der Waals surface area (Å²) in [5.74, 6) is 0.880. The molecule has 0 atom stereocenters. The summed E-state index contributed by atoms with van der Waals surface area (Å²) in [4.78, 5) is 0. The average Bonchev–Trinajstić information content (AvgIpc) is 2.42. The van der Waals surface area contributed by atoms with E-state index in [1.807, 2.05) is 12.1 Å². The van der Waals surface area contributed by atoms with E-state index in [1.165, 1.54) is 5.56 Å². The van der Waals surface area contributed by atoms with E-state index in [2.05, 4.69) is 24.4 Å². The summed E-state index contributed by atoms with van der Waals surface area (Å²) in [6.07, 6.45) is 0. The van der Waals surface area contributed by atoms with Gasteiger partial charge in [0.25, 0.3) is 0 Å². The molecule has 0 aromatic heterocycles. The lowest BCUT2D eigenvalue weighted by Gasteiger charge is -2.08. The van der Waals surface area contributed by atoms with Crippen molar-refractivity contribution in [2.45, 2.75) is 13.5 Å².